The Hall–Kier alpha value is -3.13. The third-order valence-corrected chi connectivity index (χ3v) is 7.97. The number of fused-ring (bicyclic) bond motifs is 2. The molecule has 0 aliphatic carbocycles. The molecule has 2 aromatic carbocycles. The maximum Gasteiger partial charge on any atom is 0.320 e. The molecule has 3 amide bonds. The highest BCUT2D eigenvalue weighted by atomic mass is 35.5. The summed E-state index contributed by atoms with van der Waals surface area (Å²) < 4.78 is 0. The van der Waals surface area contributed by atoms with Crippen molar-refractivity contribution in [3.8, 4) is 0 Å². The van der Waals surface area contributed by atoms with Gasteiger partial charge in [0.1, 0.15) is 11.0 Å². The van der Waals surface area contributed by atoms with Crippen molar-refractivity contribution >= 4 is 34.6 Å². The SMILES string of the molecule is O=C(c1ccc2n[nH]nc2c1)N1CC2CN(C(=O)N3CCC(c4ccc(Cl)cc4)CC3)CC2C1. The molecular weight excluding hydrogens is 452 g/mol. The predicted molar refractivity (Wildman–Crippen MR) is 129 cm³/mol. The van der Waals surface area contributed by atoms with Gasteiger partial charge in [0, 0.05) is 61.7 Å². The second-order valence-electron chi connectivity index (χ2n) is 9.76. The Labute approximate surface area is 202 Å². The number of piperidine rings is 1. The normalized spacial score (nSPS) is 23.0. The minimum Gasteiger partial charge on any atom is -0.338 e. The van der Waals surface area contributed by atoms with Crippen molar-refractivity contribution in [1.82, 2.24) is 30.1 Å². The number of benzene rings is 2. The van der Waals surface area contributed by atoms with Crippen LogP contribution in [0.25, 0.3) is 11.0 Å². The van der Waals surface area contributed by atoms with Gasteiger partial charge in [-0.1, -0.05) is 23.7 Å². The minimum absolute atomic E-state index is 0.0291. The number of rotatable bonds is 2. The summed E-state index contributed by atoms with van der Waals surface area (Å²) in [5.74, 6) is 1.20. The number of aromatic amines is 1. The molecule has 6 rings (SSSR count). The van der Waals surface area contributed by atoms with Crippen molar-refractivity contribution < 1.29 is 9.59 Å². The maximum absolute atomic E-state index is 13.2. The van der Waals surface area contributed by atoms with Crippen LogP contribution in [-0.4, -0.2) is 81.3 Å². The summed E-state index contributed by atoms with van der Waals surface area (Å²) in [5, 5.41) is 11.5. The van der Waals surface area contributed by atoms with Crippen LogP contribution < -0.4 is 0 Å². The molecular formula is C25H27ClN6O2. The van der Waals surface area contributed by atoms with Crippen LogP contribution in [0.3, 0.4) is 0 Å². The minimum atomic E-state index is 0.0291. The molecule has 2 atom stereocenters. The number of nitrogens with zero attached hydrogens (tertiary/aromatic N) is 5. The number of halogens is 1. The number of nitrogens with one attached hydrogen (secondary N) is 1. The highest BCUT2D eigenvalue weighted by molar-refractivity contribution is 6.30. The summed E-state index contributed by atoms with van der Waals surface area (Å²) in [6.45, 7) is 4.42. The van der Waals surface area contributed by atoms with E-state index in [0.29, 0.717) is 41.9 Å². The monoisotopic (exact) mass is 478 g/mol. The Balaban J connectivity index is 1.03. The lowest BCUT2D eigenvalue weighted by molar-refractivity contribution is 0.0774. The van der Waals surface area contributed by atoms with Gasteiger partial charge >= 0.3 is 6.03 Å². The number of carbonyl (C=O) groups is 2. The standard InChI is InChI=1S/C25H27ClN6O2/c26-21-4-1-16(2-5-21)17-7-9-30(10-8-17)25(34)32-14-19-12-31(13-20(19)15-32)24(33)18-3-6-22-23(11-18)28-29-27-22/h1-6,11,17,19-20H,7-10,12-15H2,(H,27,28,29). The molecule has 8 nitrogen and oxygen atoms in total. The lowest BCUT2D eigenvalue weighted by atomic mass is 9.89. The Bertz CT molecular complexity index is 1210. The molecule has 4 heterocycles. The van der Waals surface area contributed by atoms with Crippen molar-refractivity contribution in [3.63, 3.8) is 0 Å². The van der Waals surface area contributed by atoms with Gasteiger partial charge in [-0.2, -0.15) is 15.4 Å². The summed E-state index contributed by atoms with van der Waals surface area (Å²) in [4.78, 5) is 32.2. The van der Waals surface area contributed by atoms with Crippen LogP contribution in [0.1, 0.15) is 34.7 Å². The molecule has 3 aromatic rings. The molecule has 0 saturated carbocycles. The van der Waals surface area contributed by atoms with E-state index in [1.165, 1.54) is 5.56 Å². The van der Waals surface area contributed by atoms with E-state index in [1.54, 1.807) is 6.07 Å². The second kappa shape index (κ2) is 8.58. The summed E-state index contributed by atoms with van der Waals surface area (Å²) in [6.07, 6.45) is 1.96. The molecule has 1 N–H and O–H groups in total. The fraction of sp³-hybridized carbons (Fsp3) is 0.440. The average Bonchev–Trinajstić information content (AvgIpc) is 3.58. The number of hydrogen-bond donors (Lipinski definition) is 1. The Morgan fingerprint density at radius 1 is 0.824 bits per heavy atom. The predicted octanol–water partition coefficient (Wildman–Crippen LogP) is 3.61. The number of urea groups is 1. The maximum atomic E-state index is 13.2. The molecule has 3 fully saturated rings. The zero-order valence-corrected chi connectivity index (χ0v) is 19.6. The van der Waals surface area contributed by atoms with Crippen LogP contribution in [0, 0.1) is 11.8 Å². The highest BCUT2D eigenvalue weighted by Crippen LogP contribution is 2.34. The van der Waals surface area contributed by atoms with Crippen molar-refractivity contribution in [2.75, 3.05) is 39.3 Å². The van der Waals surface area contributed by atoms with Crippen molar-refractivity contribution in [2.45, 2.75) is 18.8 Å². The summed E-state index contributed by atoms with van der Waals surface area (Å²) >= 11 is 6.02. The number of H-pyrrole nitrogens is 1. The molecule has 176 valence electrons. The Morgan fingerprint density at radius 2 is 1.47 bits per heavy atom. The first kappa shape index (κ1) is 21.4. The molecule has 34 heavy (non-hydrogen) atoms. The first-order chi connectivity index (χ1) is 16.5. The van der Waals surface area contributed by atoms with Crippen molar-refractivity contribution in [1.29, 1.82) is 0 Å². The summed E-state index contributed by atoms with van der Waals surface area (Å²) in [6, 6.07) is 13.7. The molecule has 0 bridgehead atoms. The van der Waals surface area contributed by atoms with E-state index in [-0.39, 0.29) is 11.9 Å². The number of hydrogen-bond acceptors (Lipinski definition) is 4. The molecule has 3 saturated heterocycles. The number of carbonyl (C=O) groups excluding carboxylic acids is 2. The van der Waals surface area contributed by atoms with Gasteiger partial charge in [0.05, 0.1) is 0 Å². The van der Waals surface area contributed by atoms with E-state index in [0.717, 1.165) is 49.6 Å². The van der Waals surface area contributed by atoms with E-state index < -0.39 is 0 Å². The fourth-order valence-electron chi connectivity index (χ4n) is 5.81. The van der Waals surface area contributed by atoms with Gasteiger partial charge in [-0.25, -0.2) is 4.79 Å². The molecule has 0 spiro atoms. The Kier molecular flexibility index (Phi) is 5.40. The van der Waals surface area contributed by atoms with Gasteiger partial charge in [0.15, 0.2) is 0 Å². The zero-order chi connectivity index (χ0) is 23.2. The van der Waals surface area contributed by atoms with Crippen molar-refractivity contribution in [2.24, 2.45) is 11.8 Å². The van der Waals surface area contributed by atoms with Gasteiger partial charge in [-0.15, -0.1) is 0 Å². The lowest BCUT2D eigenvalue weighted by Crippen LogP contribution is -2.46. The van der Waals surface area contributed by atoms with E-state index in [4.69, 9.17) is 11.6 Å². The molecule has 1 aromatic heterocycles. The van der Waals surface area contributed by atoms with Crippen LogP contribution in [0.5, 0.6) is 0 Å². The molecule has 9 heteroatoms. The van der Waals surface area contributed by atoms with Gasteiger partial charge in [-0.05, 0) is 54.7 Å². The van der Waals surface area contributed by atoms with Gasteiger partial charge in [-0.3, -0.25) is 4.79 Å². The Morgan fingerprint density at radius 3 is 2.18 bits per heavy atom. The van der Waals surface area contributed by atoms with Crippen LogP contribution >= 0.6 is 11.6 Å². The van der Waals surface area contributed by atoms with Crippen LogP contribution in [0.15, 0.2) is 42.5 Å². The van der Waals surface area contributed by atoms with Crippen LogP contribution in [0.4, 0.5) is 4.79 Å². The van der Waals surface area contributed by atoms with E-state index in [2.05, 4.69) is 27.5 Å². The van der Waals surface area contributed by atoms with E-state index in [1.807, 2.05) is 39.0 Å². The van der Waals surface area contributed by atoms with Crippen LogP contribution in [0.2, 0.25) is 5.02 Å². The first-order valence-corrected chi connectivity index (χ1v) is 12.3. The topological polar surface area (TPSA) is 85.4 Å². The first-order valence-electron chi connectivity index (χ1n) is 11.9. The van der Waals surface area contributed by atoms with Gasteiger partial charge < -0.3 is 14.7 Å². The average molecular weight is 479 g/mol. The molecule has 3 aliphatic heterocycles. The van der Waals surface area contributed by atoms with Crippen LogP contribution in [-0.2, 0) is 0 Å². The third kappa shape index (κ3) is 3.90. The third-order valence-electron chi connectivity index (χ3n) is 7.71. The zero-order valence-electron chi connectivity index (χ0n) is 18.9. The fourth-order valence-corrected chi connectivity index (χ4v) is 5.94. The van der Waals surface area contributed by atoms with E-state index >= 15 is 0 Å². The summed E-state index contributed by atoms with van der Waals surface area (Å²) in [7, 11) is 0. The quantitative estimate of drug-likeness (QED) is 0.609. The number of amides is 3. The van der Waals surface area contributed by atoms with Gasteiger partial charge in [0.25, 0.3) is 5.91 Å². The molecule has 0 radical (unpaired) electrons. The summed E-state index contributed by atoms with van der Waals surface area (Å²) in [5.41, 5.74) is 3.39. The van der Waals surface area contributed by atoms with E-state index in [9.17, 15) is 9.59 Å². The second-order valence-corrected chi connectivity index (χ2v) is 10.2. The molecule has 3 aliphatic rings. The highest BCUT2D eigenvalue weighted by Gasteiger charge is 2.44. The van der Waals surface area contributed by atoms with Gasteiger partial charge in [0.2, 0.25) is 0 Å². The smallest absolute Gasteiger partial charge is 0.320 e. The molecule has 2 unspecified atom stereocenters. The largest absolute Gasteiger partial charge is 0.338 e. The van der Waals surface area contributed by atoms with Crippen molar-refractivity contribution in [3.05, 3.63) is 58.6 Å². The number of aromatic nitrogens is 3. The lowest BCUT2D eigenvalue weighted by Gasteiger charge is -2.35. The number of likely N-dealkylation sites (tertiary alicyclic amines) is 3.